The summed E-state index contributed by atoms with van der Waals surface area (Å²) >= 11 is 0. The van der Waals surface area contributed by atoms with E-state index in [1.165, 1.54) is 0 Å². The molecule has 1 N–H and O–H groups in total. The summed E-state index contributed by atoms with van der Waals surface area (Å²) in [5, 5.41) is 14.2. The zero-order valence-electron chi connectivity index (χ0n) is 12.0. The third-order valence-electron chi connectivity index (χ3n) is 3.40. The van der Waals surface area contributed by atoms with Crippen LogP contribution >= 0.6 is 0 Å². The summed E-state index contributed by atoms with van der Waals surface area (Å²) in [6, 6.07) is 9.23. The first-order valence-electron chi connectivity index (χ1n) is 6.81. The molecule has 0 aliphatic rings. The summed E-state index contributed by atoms with van der Waals surface area (Å²) in [5.74, 6) is 0.650. The van der Waals surface area contributed by atoms with E-state index >= 15 is 0 Å². The van der Waals surface area contributed by atoms with Gasteiger partial charge in [0, 0.05) is 6.61 Å². The minimum absolute atomic E-state index is 0.186. The first-order chi connectivity index (χ1) is 9.60. The Morgan fingerprint density at radius 2 is 2.00 bits per heavy atom. The van der Waals surface area contributed by atoms with E-state index in [4.69, 9.17) is 9.26 Å². The van der Waals surface area contributed by atoms with E-state index in [-0.39, 0.29) is 5.89 Å². The fourth-order valence-corrected chi connectivity index (χ4v) is 1.98. The second-order valence-electron chi connectivity index (χ2n) is 4.79. The minimum atomic E-state index is -0.916. The van der Waals surface area contributed by atoms with E-state index in [1.807, 2.05) is 51.1 Å². The summed E-state index contributed by atoms with van der Waals surface area (Å²) in [7, 11) is 0. The molecule has 1 aromatic heterocycles. The predicted octanol–water partition coefficient (Wildman–Crippen LogP) is 2.81. The van der Waals surface area contributed by atoms with Crippen molar-refractivity contribution in [2.75, 3.05) is 6.61 Å². The van der Waals surface area contributed by atoms with Crippen LogP contribution in [-0.2, 0) is 10.3 Å². The number of aliphatic hydroxyl groups is 1. The summed E-state index contributed by atoms with van der Waals surface area (Å²) in [6.45, 7) is 6.41. The Bertz CT molecular complexity index is 541. The van der Waals surface area contributed by atoms with Crippen molar-refractivity contribution in [1.82, 2.24) is 10.1 Å². The maximum Gasteiger partial charge on any atom is 0.260 e. The molecule has 0 saturated carbocycles. The molecular weight excluding hydrogens is 256 g/mol. The van der Waals surface area contributed by atoms with Crippen molar-refractivity contribution < 1.29 is 14.4 Å². The number of hydrogen-bond donors (Lipinski definition) is 1. The first kappa shape index (κ1) is 14.7. The number of ether oxygens (including phenoxy) is 1. The molecule has 2 atom stereocenters. The van der Waals surface area contributed by atoms with E-state index in [0.717, 1.165) is 12.0 Å². The van der Waals surface area contributed by atoms with Crippen LogP contribution in [0.5, 0.6) is 0 Å². The number of nitrogens with zero attached hydrogens (tertiary/aromatic N) is 2. The molecule has 2 unspecified atom stereocenters. The van der Waals surface area contributed by atoms with Crippen molar-refractivity contribution in [3.63, 3.8) is 0 Å². The van der Waals surface area contributed by atoms with Crippen LogP contribution < -0.4 is 0 Å². The third kappa shape index (κ3) is 2.89. The largest absolute Gasteiger partial charge is 0.378 e. The monoisotopic (exact) mass is 276 g/mol. The predicted molar refractivity (Wildman–Crippen MR) is 74.1 cm³/mol. The molecule has 0 bridgehead atoms. The molecule has 0 spiro atoms. The van der Waals surface area contributed by atoms with Gasteiger partial charge in [-0.1, -0.05) is 42.4 Å². The molecule has 1 heterocycles. The van der Waals surface area contributed by atoms with Gasteiger partial charge in [0.1, 0.15) is 5.60 Å². The first-order valence-corrected chi connectivity index (χ1v) is 6.81. The summed E-state index contributed by atoms with van der Waals surface area (Å²) in [4.78, 5) is 4.30. The highest BCUT2D eigenvalue weighted by atomic mass is 16.5. The highest BCUT2D eigenvalue weighted by Gasteiger charge is 2.32. The fraction of sp³-hybridized carbons (Fsp3) is 0.467. The van der Waals surface area contributed by atoms with Crippen molar-refractivity contribution in [3.05, 3.63) is 47.6 Å². The second-order valence-corrected chi connectivity index (χ2v) is 4.79. The van der Waals surface area contributed by atoms with Crippen LogP contribution in [0, 0.1) is 0 Å². The Morgan fingerprint density at radius 1 is 1.30 bits per heavy atom. The molecule has 5 heteroatoms. The van der Waals surface area contributed by atoms with Crippen LogP contribution in [0.1, 0.15) is 50.6 Å². The number of aliphatic hydroxyl groups excluding tert-OH is 1. The quantitative estimate of drug-likeness (QED) is 0.878. The van der Waals surface area contributed by atoms with E-state index in [2.05, 4.69) is 10.1 Å². The van der Waals surface area contributed by atoms with Gasteiger partial charge in [-0.2, -0.15) is 4.98 Å². The standard InChI is InChI=1S/C15H20N2O3/c1-4-15(3,19-5-2)14-16-13(20-17-14)12(18)11-9-7-6-8-10-11/h6-10,12,18H,4-5H2,1-3H3. The van der Waals surface area contributed by atoms with Gasteiger partial charge in [0.15, 0.2) is 6.10 Å². The molecule has 2 rings (SSSR count). The van der Waals surface area contributed by atoms with Crippen molar-refractivity contribution in [2.24, 2.45) is 0 Å². The summed E-state index contributed by atoms with van der Waals surface area (Å²) in [6.07, 6.45) is -0.193. The normalized spacial score (nSPS) is 15.8. The zero-order chi connectivity index (χ0) is 14.6. The van der Waals surface area contributed by atoms with E-state index in [0.29, 0.717) is 12.4 Å². The van der Waals surface area contributed by atoms with Crippen LogP contribution in [0.15, 0.2) is 34.9 Å². The SMILES string of the molecule is CCOC(C)(CC)c1noc(C(O)c2ccccc2)n1. The number of hydrogen-bond acceptors (Lipinski definition) is 5. The maximum atomic E-state index is 10.2. The van der Waals surface area contributed by atoms with Gasteiger partial charge in [-0.15, -0.1) is 0 Å². The van der Waals surface area contributed by atoms with Gasteiger partial charge in [-0.05, 0) is 25.8 Å². The van der Waals surface area contributed by atoms with Gasteiger partial charge in [-0.25, -0.2) is 0 Å². The molecule has 5 nitrogen and oxygen atoms in total. The lowest BCUT2D eigenvalue weighted by molar-refractivity contribution is -0.0403. The van der Waals surface area contributed by atoms with Crippen molar-refractivity contribution in [1.29, 1.82) is 0 Å². The van der Waals surface area contributed by atoms with Crippen LogP contribution in [0.2, 0.25) is 0 Å². The second kappa shape index (κ2) is 6.15. The van der Waals surface area contributed by atoms with Crippen LogP contribution in [0.4, 0.5) is 0 Å². The Hall–Kier alpha value is -1.72. The molecule has 0 radical (unpaired) electrons. The molecule has 0 aliphatic carbocycles. The summed E-state index contributed by atoms with van der Waals surface area (Å²) < 4.78 is 10.9. The van der Waals surface area contributed by atoms with Crippen LogP contribution in [0.25, 0.3) is 0 Å². The molecule has 0 amide bonds. The Labute approximate surface area is 118 Å². The van der Waals surface area contributed by atoms with Crippen LogP contribution in [0.3, 0.4) is 0 Å². The Balaban J connectivity index is 2.24. The topological polar surface area (TPSA) is 68.4 Å². The molecular formula is C15H20N2O3. The molecule has 2 aromatic rings. The smallest absolute Gasteiger partial charge is 0.260 e. The fourth-order valence-electron chi connectivity index (χ4n) is 1.98. The number of aromatic nitrogens is 2. The minimum Gasteiger partial charge on any atom is -0.378 e. The number of rotatable bonds is 6. The lowest BCUT2D eigenvalue weighted by Crippen LogP contribution is -2.26. The molecule has 20 heavy (non-hydrogen) atoms. The Morgan fingerprint density at radius 3 is 2.60 bits per heavy atom. The number of benzene rings is 1. The third-order valence-corrected chi connectivity index (χ3v) is 3.40. The van der Waals surface area contributed by atoms with Gasteiger partial charge in [0.25, 0.3) is 5.89 Å². The highest BCUT2D eigenvalue weighted by Crippen LogP contribution is 2.28. The van der Waals surface area contributed by atoms with Gasteiger partial charge in [-0.3, -0.25) is 0 Å². The van der Waals surface area contributed by atoms with Gasteiger partial charge in [0.05, 0.1) is 0 Å². The molecule has 0 fully saturated rings. The van der Waals surface area contributed by atoms with E-state index in [1.54, 1.807) is 0 Å². The molecule has 1 aromatic carbocycles. The maximum absolute atomic E-state index is 10.2. The lowest BCUT2D eigenvalue weighted by Gasteiger charge is -2.23. The van der Waals surface area contributed by atoms with Crippen molar-refractivity contribution in [3.8, 4) is 0 Å². The van der Waals surface area contributed by atoms with E-state index in [9.17, 15) is 5.11 Å². The molecule has 0 aliphatic heterocycles. The zero-order valence-corrected chi connectivity index (χ0v) is 12.0. The average Bonchev–Trinajstić information content (AvgIpc) is 2.98. The van der Waals surface area contributed by atoms with Gasteiger partial charge >= 0.3 is 0 Å². The van der Waals surface area contributed by atoms with E-state index < -0.39 is 11.7 Å². The van der Waals surface area contributed by atoms with Gasteiger partial charge < -0.3 is 14.4 Å². The molecule has 108 valence electrons. The summed E-state index contributed by atoms with van der Waals surface area (Å²) in [5.41, 5.74) is 0.129. The lowest BCUT2D eigenvalue weighted by atomic mass is 10.0. The Kier molecular flexibility index (Phi) is 4.52. The van der Waals surface area contributed by atoms with Crippen molar-refractivity contribution in [2.45, 2.75) is 38.9 Å². The van der Waals surface area contributed by atoms with Gasteiger partial charge in [0.2, 0.25) is 5.82 Å². The van der Waals surface area contributed by atoms with Crippen LogP contribution in [-0.4, -0.2) is 21.9 Å². The highest BCUT2D eigenvalue weighted by molar-refractivity contribution is 5.21. The average molecular weight is 276 g/mol. The molecule has 0 saturated heterocycles. The van der Waals surface area contributed by atoms with Crippen molar-refractivity contribution >= 4 is 0 Å².